The summed E-state index contributed by atoms with van der Waals surface area (Å²) in [5, 5.41) is 16.1. The summed E-state index contributed by atoms with van der Waals surface area (Å²) < 4.78 is 0. The number of carboxylic acids is 1. The third-order valence-electron chi connectivity index (χ3n) is 2.13. The van der Waals surface area contributed by atoms with E-state index in [1.54, 1.807) is 5.38 Å². The van der Waals surface area contributed by atoms with E-state index in [9.17, 15) is 9.59 Å². The Morgan fingerprint density at radius 2 is 2.18 bits per heavy atom. The van der Waals surface area contributed by atoms with Crippen molar-refractivity contribution in [2.75, 3.05) is 11.9 Å². The Bertz CT molecular complexity index is 401. The zero-order chi connectivity index (χ0) is 12.8. The first-order valence-corrected chi connectivity index (χ1v) is 6.24. The number of nitrogens with one attached hydrogen (secondary N) is 2. The lowest BCUT2D eigenvalue weighted by atomic mass is 10.1. The van der Waals surface area contributed by atoms with Crippen LogP contribution in [0.4, 0.5) is 9.80 Å². The summed E-state index contributed by atoms with van der Waals surface area (Å²) in [6.45, 7) is 4.72. The molecule has 0 atom stereocenters. The van der Waals surface area contributed by atoms with E-state index < -0.39 is 5.97 Å². The summed E-state index contributed by atoms with van der Waals surface area (Å²) in [6, 6.07) is 1.10. The number of hydrogen-bond donors (Lipinski definition) is 3. The largest absolute Gasteiger partial charge is 0.478 e. The lowest BCUT2D eigenvalue weighted by molar-refractivity contribution is 0.0698. The van der Waals surface area contributed by atoms with Gasteiger partial charge < -0.3 is 10.4 Å². The molecule has 3 N–H and O–H groups in total. The van der Waals surface area contributed by atoms with Crippen LogP contribution in [0.25, 0.3) is 0 Å². The fourth-order valence-corrected chi connectivity index (χ4v) is 1.97. The number of thiophene rings is 1. The first-order chi connectivity index (χ1) is 8.00. The number of amides is 2. The van der Waals surface area contributed by atoms with Gasteiger partial charge in [0.2, 0.25) is 0 Å². The first-order valence-electron chi connectivity index (χ1n) is 5.36. The van der Waals surface area contributed by atoms with Gasteiger partial charge in [-0.25, -0.2) is 9.59 Å². The molecule has 0 saturated carbocycles. The summed E-state index contributed by atoms with van der Waals surface area (Å²) in [5.74, 6) is -0.518. The number of aromatic carboxylic acids is 1. The zero-order valence-corrected chi connectivity index (χ0v) is 10.6. The normalized spacial score (nSPS) is 10.3. The van der Waals surface area contributed by atoms with Crippen LogP contribution < -0.4 is 10.6 Å². The third-order valence-corrected chi connectivity index (χ3v) is 2.96. The molecule has 5 nitrogen and oxygen atoms in total. The van der Waals surface area contributed by atoms with Crippen LogP contribution >= 0.6 is 11.3 Å². The van der Waals surface area contributed by atoms with Gasteiger partial charge >= 0.3 is 12.0 Å². The van der Waals surface area contributed by atoms with E-state index in [1.807, 2.05) is 0 Å². The number of carbonyl (C=O) groups is 2. The molecule has 94 valence electrons. The molecule has 0 saturated heterocycles. The predicted molar refractivity (Wildman–Crippen MR) is 67.8 cm³/mol. The number of hydrogen-bond acceptors (Lipinski definition) is 3. The molecule has 17 heavy (non-hydrogen) atoms. The molecule has 0 aliphatic carbocycles. The van der Waals surface area contributed by atoms with Crippen LogP contribution in [-0.2, 0) is 0 Å². The van der Waals surface area contributed by atoms with Crippen LogP contribution in [0.1, 0.15) is 30.6 Å². The summed E-state index contributed by atoms with van der Waals surface area (Å²) >= 11 is 1.19. The van der Waals surface area contributed by atoms with Crippen LogP contribution in [0.3, 0.4) is 0 Å². The molecule has 0 aliphatic heterocycles. The van der Waals surface area contributed by atoms with E-state index in [2.05, 4.69) is 24.5 Å². The predicted octanol–water partition coefficient (Wildman–Crippen LogP) is 2.61. The van der Waals surface area contributed by atoms with Gasteiger partial charge in [0.25, 0.3) is 0 Å². The average Bonchev–Trinajstić information content (AvgIpc) is 2.65. The van der Waals surface area contributed by atoms with E-state index >= 15 is 0 Å². The molecule has 0 unspecified atom stereocenters. The molecule has 1 aromatic heterocycles. The summed E-state index contributed by atoms with van der Waals surface area (Å²) in [6.07, 6.45) is 0.893. The van der Waals surface area contributed by atoms with Gasteiger partial charge in [-0.05, 0) is 23.8 Å². The van der Waals surface area contributed by atoms with Crippen molar-refractivity contribution in [3.05, 3.63) is 17.0 Å². The van der Waals surface area contributed by atoms with Crippen LogP contribution in [0.15, 0.2) is 11.4 Å². The summed E-state index contributed by atoms with van der Waals surface area (Å²) in [7, 11) is 0. The zero-order valence-electron chi connectivity index (χ0n) is 9.82. The van der Waals surface area contributed by atoms with Gasteiger partial charge in [-0.1, -0.05) is 13.8 Å². The highest BCUT2D eigenvalue weighted by Crippen LogP contribution is 2.22. The molecule has 1 rings (SSSR count). The molecular formula is C11H16N2O3S. The highest BCUT2D eigenvalue weighted by molar-refractivity contribution is 7.14. The molecule has 0 fully saturated rings. The number of rotatable bonds is 5. The third kappa shape index (κ3) is 4.44. The SMILES string of the molecule is CC(C)CCNC(=O)Nc1sccc1C(=O)O. The second-order valence-corrected chi connectivity index (χ2v) is 4.95. The second kappa shape index (κ2) is 6.24. The highest BCUT2D eigenvalue weighted by atomic mass is 32.1. The van der Waals surface area contributed by atoms with E-state index in [0.29, 0.717) is 17.5 Å². The van der Waals surface area contributed by atoms with Crippen molar-refractivity contribution in [1.29, 1.82) is 0 Å². The van der Waals surface area contributed by atoms with E-state index in [0.717, 1.165) is 6.42 Å². The lowest BCUT2D eigenvalue weighted by Crippen LogP contribution is -2.30. The average molecular weight is 256 g/mol. The van der Waals surface area contributed by atoms with Crippen LogP contribution in [0.2, 0.25) is 0 Å². The van der Waals surface area contributed by atoms with Crippen molar-refractivity contribution in [3.63, 3.8) is 0 Å². The van der Waals surface area contributed by atoms with Gasteiger partial charge in [0.15, 0.2) is 0 Å². The molecule has 6 heteroatoms. The quantitative estimate of drug-likeness (QED) is 0.757. The number of carbonyl (C=O) groups excluding carboxylic acids is 1. The van der Waals surface area contributed by atoms with Crippen LogP contribution in [0, 0.1) is 5.92 Å². The van der Waals surface area contributed by atoms with Crippen molar-refractivity contribution in [2.24, 2.45) is 5.92 Å². The van der Waals surface area contributed by atoms with E-state index in [-0.39, 0.29) is 11.6 Å². The van der Waals surface area contributed by atoms with Crippen LogP contribution in [-0.4, -0.2) is 23.7 Å². The highest BCUT2D eigenvalue weighted by Gasteiger charge is 2.13. The molecule has 0 bridgehead atoms. The topological polar surface area (TPSA) is 78.4 Å². The molecule has 0 radical (unpaired) electrons. The Balaban J connectivity index is 2.45. The molecule has 0 spiro atoms. The minimum Gasteiger partial charge on any atom is -0.478 e. The lowest BCUT2D eigenvalue weighted by Gasteiger charge is -2.08. The molecule has 0 aliphatic rings. The van der Waals surface area contributed by atoms with Crippen molar-refractivity contribution in [1.82, 2.24) is 5.32 Å². The second-order valence-electron chi connectivity index (χ2n) is 4.03. The molecule has 0 aromatic carbocycles. The number of urea groups is 1. The Labute approximate surface area is 104 Å². The fraction of sp³-hybridized carbons (Fsp3) is 0.455. The fourth-order valence-electron chi connectivity index (χ4n) is 1.20. The van der Waals surface area contributed by atoms with Gasteiger partial charge in [0, 0.05) is 6.54 Å². The van der Waals surface area contributed by atoms with Crippen molar-refractivity contribution in [2.45, 2.75) is 20.3 Å². The Hall–Kier alpha value is -1.56. The Morgan fingerprint density at radius 1 is 1.47 bits per heavy atom. The molecule has 1 heterocycles. The van der Waals surface area contributed by atoms with Gasteiger partial charge in [-0.2, -0.15) is 0 Å². The van der Waals surface area contributed by atoms with E-state index in [1.165, 1.54) is 17.4 Å². The van der Waals surface area contributed by atoms with E-state index in [4.69, 9.17) is 5.11 Å². The molecular weight excluding hydrogens is 240 g/mol. The Kier molecular flexibility index (Phi) is 4.96. The number of anilines is 1. The minimum absolute atomic E-state index is 0.119. The molecule has 2 amide bonds. The maximum absolute atomic E-state index is 11.5. The maximum Gasteiger partial charge on any atom is 0.338 e. The minimum atomic E-state index is -1.04. The Morgan fingerprint density at radius 3 is 2.76 bits per heavy atom. The van der Waals surface area contributed by atoms with Gasteiger partial charge in [-0.15, -0.1) is 11.3 Å². The summed E-state index contributed by atoms with van der Waals surface area (Å²) in [4.78, 5) is 22.3. The monoisotopic (exact) mass is 256 g/mol. The van der Waals surface area contributed by atoms with Gasteiger partial charge in [0.1, 0.15) is 5.00 Å². The van der Waals surface area contributed by atoms with Gasteiger partial charge in [-0.3, -0.25) is 5.32 Å². The van der Waals surface area contributed by atoms with Crippen molar-refractivity contribution < 1.29 is 14.7 Å². The smallest absolute Gasteiger partial charge is 0.338 e. The first kappa shape index (κ1) is 13.5. The van der Waals surface area contributed by atoms with Crippen molar-refractivity contribution in [3.8, 4) is 0 Å². The van der Waals surface area contributed by atoms with Crippen molar-refractivity contribution >= 4 is 28.3 Å². The number of carboxylic acid groups (broad SMARTS) is 1. The molecule has 1 aromatic rings. The summed E-state index contributed by atoms with van der Waals surface area (Å²) in [5.41, 5.74) is 0.119. The maximum atomic E-state index is 11.5. The van der Waals surface area contributed by atoms with Gasteiger partial charge in [0.05, 0.1) is 5.56 Å². The van der Waals surface area contributed by atoms with Crippen LogP contribution in [0.5, 0.6) is 0 Å². The standard InChI is InChI=1S/C11H16N2O3S/c1-7(2)3-5-12-11(16)13-9-8(10(14)15)4-6-17-9/h4,6-7H,3,5H2,1-2H3,(H,14,15)(H2,12,13,16).